The average molecular weight is 212 g/mol. The lowest BCUT2D eigenvalue weighted by molar-refractivity contribution is 0.714. The molecule has 0 saturated carbocycles. The Hall–Kier alpha value is -1.30. The van der Waals surface area contributed by atoms with Crippen LogP contribution in [0.1, 0.15) is 43.2 Å². The van der Waals surface area contributed by atoms with Crippen molar-refractivity contribution < 1.29 is 0 Å². The van der Waals surface area contributed by atoms with E-state index in [0.29, 0.717) is 0 Å². The number of allylic oxidation sites excluding steroid dienone is 3. The maximum absolute atomic E-state index is 2.40. The highest BCUT2D eigenvalue weighted by Crippen LogP contribution is 2.19. The van der Waals surface area contributed by atoms with Gasteiger partial charge in [-0.15, -0.1) is 0 Å². The number of hydrogen-bond acceptors (Lipinski definition) is 0. The summed E-state index contributed by atoms with van der Waals surface area (Å²) in [4.78, 5) is 0. The number of hydrogen-bond donors (Lipinski definition) is 0. The van der Waals surface area contributed by atoms with Crippen LogP contribution in [0, 0.1) is 6.92 Å². The van der Waals surface area contributed by atoms with Gasteiger partial charge in [-0.05, 0) is 38.2 Å². The van der Waals surface area contributed by atoms with Crippen molar-refractivity contribution in [2.45, 2.75) is 39.0 Å². The van der Waals surface area contributed by atoms with Gasteiger partial charge in [0, 0.05) is 0 Å². The fourth-order valence-electron chi connectivity index (χ4n) is 2.17. The van der Waals surface area contributed by atoms with Gasteiger partial charge in [0.2, 0.25) is 0 Å². The standard InChI is InChI=1S/C16H20/c1-14-7-6-10-16(13-14)12-11-15-8-4-2-3-5-9-15/h6-8,10-13H,2-5,9H2,1H3/b12-11+. The molecule has 1 aromatic carbocycles. The highest BCUT2D eigenvalue weighted by Gasteiger charge is 1.99. The van der Waals surface area contributed by atoms with Crippen molar-refractivity contribution in [2.75, 3.05) is 0 Å². The Labute approximate surface area is 98.7 Å². The Balaban J connectivity index is 2.05. The van der Waals surface area contributed by atoms with E-state index in [1.807, 2.05) is 0 Å². The van der Waals surface area contributed by atoms with Gasteiger partial charge in [-0.2, -0.15) is 0 Å². The van der Waals surface area contributed by atoms with Gasteiger partial charge in [0.25, 0.3) is 0 Å². The third-order valence-corrected chi connectivity index (χ3v) is 3.11. The summed E-state index contributed by atoms with van der Waals surface area (Å²) in [6, 6.07) is 8.66. The summed E-state index contributed by atoms with van der Waals surface area (Å²) in [5.41, 5.74) is 4.15. The topological polar surface area (TPSA) is 0 Å². The maximum Gasteiger partial charge on any atom is -0.0254 e. The molecule has 0 aromatic heterocycles. The Morgan fingerprint density at radius 1 is 1.06 bits per heavy atom. The summed E-state index contributed by atoms with van der Waals surface area (Å²) in [5, 5.41) is 0. The minimum atomic E-state index is 1.25. The Kier molecular flexibility index (Phi) is 3.98. The van der Waals surface area contributed by atoms with Crippen LogP contribution in [0.3, 0.4) is 0 Å². The first kappa shape index (κ1) is 11.2. The minimum absolute atomic E-state index is 1.25. The SMILES string of the molecule is Cc1cccc(/C=C/C2=CCCCCC2)c1. The molecule has 0 amide bonds. The highest BCUT2D eigenvalue weighted by atomic mass is 14.0. The van der Waals surface area contributed by atoms with Crippen LogP contribution in [0.5, 0.6) is 0 Å². The fraction of sp³-hybridized carbons (Fsp3) is 0.375. The molecular formula is C16H20. The summed E-state index contributed by atoms with van der Waals surface area (Å²) >= 11 is 0. The van der Waals surface area contributed by atoms with Crippen LogP contribution in [-0.4, -0.2) is 0 Å². The summed E-state index contributed by atoms with van der Waals surface area (Å²) in [6.45, 7) is 2.14. The van der Waals surface area contributed by atoms with Gasteiger partial charge in [0.05, 0.1) is 0 Å². The molecular weight excluding hydrogens is 192 g/mol. The first-order chi connectivity index (χ1) is 7.84. The van der Waals surface area contributed by atoms with E-state index in [1.54, 1.807) is 0 Å². The van der Waals surface area contributed by atoms with E-state index in [4.69, 9.17) is 0 Å². The second-order valence-corrected chi connectivity index (χ2v) is 4.63. The first-order valence-electron chi connectivity index (χ1n) is 6.28. The first-order valence-corrected chi connectivity index (χ1v) is 6.28. The van der Waals surface area contributed by atoms with Gasteiger partial charge in [-0.1, -0.05) is 60.1 Å². The summed E-state index contributed by atoms with van der Waals surface area (Å²) in [7, 11) is 0. The molecule has 84 valence electrons. The van der Waals surface area contributed by atoms with Crippen molar-refractivity contribution in [3.8, 4) is 0 Å². The Morgan fingerprint density at radius 3 is 2.88 bits per heavy atom. The van der Waals surface area contributed by atoms with Crippen LogP contribution in [0.4, 0.5) is 0 Å². The molecule has 0 aliphatic heterocycles. The molecule has 16 heavy (non-hydrogen) atoms. The molecule has 0 radical (unpaired) electrons. The second kappa shape index (κ2) is 5.69. The largest absolute Gasteiger partial charge is 0.0813 e. The quantitative estimate of drug-likeness (QED) is 0.654. The third-order valence-electron chi connectivity index (χ3n) is 3.11. The molecule has 1 aromatic rings. The third kappa shape index (κ3) is 3.37. The molecule has 1 aliphatic carbocycles. The summed E-state index contributed by atoms with van der Waals surface area (Å²) in [5.74, 6) is 0. The zero-order valence-corrected chi connectivity index (χ0v) is 10.1. The van der Waals surface area contributed by atoms with E-state index in [-0.39, 0.29) is 0 Å². The zero-order valence-electron chi connectivity index (χ0n) is 10.1. The van der Waals surface area contributed by atoms with E-state index in [0.717, 1.165) is 0 Å². The van der Waals surface area contributed by atoms with Crippen molar-refractivity contribution in [3.63, 3.8) is 0 Å². The van der Waals surface area contributed by atoms with Gasteiger partial charge in [0.15, 0.2) is 0 Å². The van der Waals surface area contributed by atoms with Gasteiger partial charge in [-0.25, -0.2) is 0 Å². The molecule has 0 spiro atoms. The Bertz CT molecular complexity index is 396. The van der Waals surface area contributed by atoms with Crippen molar-refractivity contribution in [2.24, 2.45) is 0 Å². The molecule has 0 N–H and O–H groups in total. The summed E-state index contributed by atoms with van der Waals surface area (Å²) < 4.78 is 0. The highest BCUT2D eigenvalue weighted by molar-refractivity contribution is 5.53. The van der Waals surface area contributed by atoms with Crippen LogP contribution >= 0.6 is 0 Å². The predicted octanol–water partition coefficient (Wildman–Crippen LogP) is 4.90. The van der Waals surface area contributed by atoms with Crippen LogP contribution in [0.2, 0.25) is 0 Å². The zero-order chi connectivity index (χ0) is 11.2. The molecule has 1 aliphatic rings. The predicted molar refractivity (Wildman–Crippen MR) is 71.4 cm³/mol. The van der Waals surface area contributed by atoms with Crippen LogP contribution in [0.25, 0.3) is 6.08 Å². The van der Waals surface area contributed by atoms with Crippen LogP contribution in [-0.2, 0) is 0 Å². The molecule has 0 atom stereocenters. The van der Waals surface area contributed by atoms with Crippen molar-refractivity contribution >= 4 is 6.08 Å². The van der Waals surface area contributed by atoms with E-state index < -0.39 is 0 Å². The average Bonchev–Trinajstić information content (AvgIpc) is 2.55. The molecule has 0 saturated heterocycles. The lowest BCUT2D eigenvalue weighted by atomic mass is 10.1. The molecule has 0 nitrogen and oxygen atoms in total. The number of aryl methyl sites for hydroxylation is 1. The van der Waals surface area contributed by atoms with Gasteiger partial charge < -0.3 is 0 Å². The van der Waals surface area contributed by atoms with Crippen LogP contribution in [0.15, 0.2) is 42.0 Å². The molecule has 0 fully saturated rings. The molecule has 0 unspecified atom stereocenters. The monoisotopic (exact) mass is 212 g/mol. The van der Waals surface area contributed by atoms with Gasteiger partial charge in [-0.3, -0.25) is 0 Å². The van der Waals surface area contributed by atoms with Crippen molar-refractivity contribution in [3.05, 3.63) is 53.1 Å². The lowest BCUT2D eigenvalue weighted by Crippen LogP contribution is -1.78. The number of rotatable bonds is 2. The molecule has 2 rings (SSSR count). The van der Waals surface area contributed by atoms with E-state index >= 15 is 0 Å². The second-order valence-electron chi connectivity index (χ2n) is 4.63. The molecule has 0 heterocycles. The Morgan fingerprint density at radius 2 is 2.00 bits per heavy atom. The van der Waals surface area contributed by atoms with Crippen LogP contribution < -0.4 is 0 Å². The molecule has 0 heteroatoms. The lowest BCUT2D eigenvalue weighted by Gasteiger charge is -1.99. The number of benzene rings is 1. The minimum Gasteiger partial charge on any atom is -0.0813 e. The maximum atomic E-state index is 2.40. The van der Waals surface area contributed by atoms with E-state index in [2.05, 4.69) is 49.4 Å². The van der Waals surface area contributed by atoms with E-state index in [9.17, 15) is 0 Å². The smallest absolute Gasteiger partial charge is 0.0254 e. The van der Waals surface area contributed by atoms with Gasteiger partial charge >= 0.3 is 0 Å². The normalized spacial score (nSPS) is 17.2. The van der Waals surface area contributed by atoms with E-state index in [1.165, 1.54) is 48.8 Å². The molecule has 0 bridgehead atoms. The van der Waals surface area contributed by atoms with Crippen molar-refractivity contribution in [1.82, 2.24) is 0 Å². The van der Waals surface area contributed by atoms with Gasteiger partial charge in [0.1, 0.15) is 0 Å². The van der Waals surface area contributed by atoms with Crippen molar-refractivity contribution in [1.29, 1.82) is 0 Å². The fourth-order valence-corrected chi connectivity index (χ4v) is 2.17. The summed E-state index contributed by atoms with van der Waals surface area (Å²) in [6.07, 6.45) is 13.5.